The number of hydrogen-bond acceptors (Lipinski definition) is 4. The van der Waals surface area contributed by atoms with Crippen LogP contribution in [0, 0.1) is 0 Å². The summed E-state index contributed by atoms with van der Waals surface area (Å²) in [5, 5.41) is 2.57. The summed E-state index contributed by atoms with van der Waals surface area (Å²) in [6, 6.07) is 40.5. The maximum Gasteiger partial charge on any atom is 0.252 e. The zero-order valence-corrected chi connectivity index (χ0v) is 47.6. The summed E-state index contributed by atoms with van der Waals surface area (Å²) in [5.41, 5.74) is 18.6. The third-order valence-electron chi connectivity index (χ3n) is 20.5. The first-order valence-electron chi connectivity index (χ1n) is 30.3. The molecule has 0 bridgehead atoms. The third-order valence-corrected chi connectivity index (χ3v) is 21.6. The molecular formula is C70H76BN3S. The highest BCUT2D eigenvalue weighted by Crippen LogP contribution is 2.65. The Kier molecular flexibility index (Phi) is 8.93. The zero-order valence-electron chi connectivity index (χ0n) is 50.8. The van der Waals surface area contributed by atoms with Crippen molar-refractivity contribution >= 4 is 94.4 Å². The molecule has 0 radical (unpaired) electrons. The van der Waals surface area contributed by atoms with Crippen molar-refractivity contribution in [1.29, 1.82) is 0 Å². The third kappa shape index (κ3) is 6.28. The van der Waals surface area contributed by atoms with E-state index in [2.05, 4.69) is 208 Å². The highest BCUT2D eigenvalue weighted by Gasteiger charge is 2.63. The average Bonchev–Trinajstić information content (AvgIpc) is 2.36. The standard InChI is InChI=1S/C70H76BN3S/c1-64(2,3)44-27-30-54(48(37-44)43-23-15-14-16-24-43)72-56-41-47(73-55-26-18-17-25-50(55)67(10)33-19-21-35-69(67,73)12)42-57-61(56)71(52-29-32-59-60(63(52)72)49-38-45(65(4,5)6)28-31-58(49)75-59)53-40-46(66(7,8)9)39-51-62(53)74(57)70(13)36-22-20-34-68(51,70)11/h14-18,23-32,37-42H,19-22,33-36H2,1-13H3/i17D,18D,25D,26D. The van der Waals surface area contributed by atoms with Crippen LogP contribution in [0.2, 0.25) is 0 Å². The lowest BCUT2D eigenvalue weighted by atomic mass is 9.33. The van der Waals surface area contributed by atoms with E-state index in [0.29, 0.717) is 5.69 Å². The fraction of sp³-hybridized carbons (Fsp3) is 0.400. The molecule has 14 rings (SSSR count). The molecule has 3 nitrogen and oxygen atoms in total. The Hall–Kier alpha value is -5.78. The second-order valence-corrected chi connectivity index (χ2v) is 28.8. The van der Waals surface area contributed by atoms with Gasteiger partial charge in [-0.05, 0) is 154 Å². The normalized spacial score (nSPS) is 25.3. The fourth-order valence-electron chi connectivity index (χ4n) is 15.8. The number of anilines is 7. The molecule has 2 saturated carbocycles. The lowest BCUT2D eigenvalue weighted by Gasteiger charge is -2.54. The first-order valence-corrected chi connectivity index (χ1v) is 29.1. The van der Waals surface area contributed by atoms with Gasteiger partial charge in [0, 0.05) is 65.0 Å². The molecule has 0 saturated heterocycles. The number of hydrogen-bond donors (Lipinski definition) is 0. The fourth-order valence-corrected chi connectivity index (χ4v) is 16.9. The molecular weight excluding hydrogens is 926 g/mol. The number of fused-ring (bicyclic) bond motifs is 14. The van der Waals surface area contributed by atoms with Gasteiger partial charge >= 0.3 is 0 Å². The van der Waals surface area contributed by atoms with Gasteiger partial charge in [0.05, 0.1) is 27.9 Å². The molecule has 75 heavy (non-hydrogen) atoms. The van der Waals surface area contributed by atoms with Crippen LogP contribution in [0.15, 0.2) is 127 Å². The van der Waals surface area contributed by atoms with Gasteiger partial charge in [0.25, 0.3) is 6.71 Å². The van der Waals surface area contributed by atoms with E-state index in [4.69, 9.17) is 0 Å². The Morgan fingerprint density at radius 1 is 0.520 bits per heavy atom. The molecule has 2 aliphatic carbocycles. The van der Waals surface area contributed by atoms with Crippen LogP contribution in [0.1, 0.15) is 175 Å². The predicted octanol–water partition coefficient (Wildman–Crippen LogP) is 17.7. The van der Waals surface area contributed by atoms with Crippen LogP contribution in [0.4, 0.5) is 39.8 Å². The number of para-hydroxylation sites is 1. The molecule has 7 aromatic carbocycles. The summed E-state index contributed by atoms with van der Waals surface area (Å²) in [5.74, 6) is 0. The molecule has 6 aliphatic rings. The van der Waals surface area contributed by atoms with Gasteiger partial charge in [0.15, 0.2) is 0 Å². The number of benzene rings is 7. The van der Waals surface area contributed by atoms with Crippen molar-refractivity contribution in [3.05, 3.63) is 155 Å². The van der Waals surface area contributed by atoms with E-state index in [-0.39, 0.29) is 58.1 Å². The number of thiophene rings is 1. The summed E-state index contributed by atoms with van der Waals surface area (Å²) in [6.07, 6.45) is 8.27. The molecule has 8 aromatic rings. The van der Waals surface area contributed by atoms with Gasteiger partial charge in [-0.25, -0.2) is 0 Å². The van der Waals surface area contributed by atoms with Crippen LogP contribution in [0.25, 0.3) is 31.3 Å². The minimum atomic E-state index is -0.547. The molecule has 0 N–H and O–H groups in total. The van der Waals surface area contributed by atoms with Gasteiger partial charge in [-0.1, -0.05) is 181 Å². The summed E-state index contributed by atoms with van der Waals surface area (Å²) in [4.78, 5) is 7.99. The topological polar surface area (TPSA) is 9.72 Å². The Labute approximate surface area is 458 Å². The molecule has 380 valence electrons. The maximum absolute atomic E-state index is 10.00. The van der Waals surface area contributed by atoms with Crippen LogP contribution in [-0.2, 0) is 27.1 Å². The Bertz CT molecular complexity index is 3970. The summed E-state index contributed by atoms with van der Waals surface area (Å²) in [6.45, 7) is 30.9. The summed E-state index contributed by atoms with van der Waals surface area (Å²) >= 11 is 1.90. The maximum atomic E-state index is 10.00. The van der Waals surface area contributed by atoms with Gasteiger partial charge in [-0.2, -0.15) is 0 Å². The van der Waals surface area contributed by atoms with Gasteiger partial charge < -0.3 is 14.7 Å². The molecule has 0 amide bonds. The van der Waals surface area contributed by atoms with E-state index < -0.39 is 11.0 Å². The largest absolute Gasteiger partial charge is 0.335 e. The predicted molar refractivity (Wildman–Crippen MR) is 326 cm³/mol. The Morgan fingerprint density at radius 2 is 1.13 bits per heavy atom. The quantitative estimate of drug-likeness (QED) is 0.163. The number of nitrogens with zero attached hydrogens (tertiary/aromatic N) is 3. The van der Waals surface area contributed by atoms with E-state index in [1.807, 2.05) is 11.3 Å². The van der Waals surface area contributed by atoms with E-state index in [0.717, 1.165) is 67.6 Å². The molecule has 5 heterocycles. The van der Waals surface area contributed by atoms with E-state index in [1.165, 1.54) is 93.4 Å². The van der Waals surface area contributed by atoms with Crippen molar-refractivity contribution in [2.24, 2.45) is 0 Å². The molecule has 0 spiro atoms. The van der Waals surface area contributed by atoms with Crippen molar-refractivity contribution in [3.8, 4) is 11.1 Å². The Morgan fingerprint density at radius 3 is 1.84 bits per heavy atom. The van der Waals surface area contributed by atoms with Gasteiger partial charge in [0.1, 0.15) is 0 Å². The van der Waals surface area contributed by atoms with Crippen LogP contribution in [0.3, 0.4) is 0 Å². The van der Waals surface area contributed by atoms with E-state index in [9.17, 15) is 5.48 Å². The molecule has 1 aromatic heterocycles. The lowest BCUT2D eigenvalue weighted by Crippen LogP contribution is -2.64. The first kappa shape index (κ1) is 43.3. The van der Waals surface area contributed by atoms with Gasteiger partial charge in [-0.3, -0.25) is 0 Å². The molecule has 4 aliphatic heterocycles. The molecule has 5 heteroatoms. The smallest absolute Gasteiger partial charge is 0.252 e. The van der Waals surface area contributed by atoms with Crippen molar-refractivity contribution < 1.29 is 5.48 Å². The van der Waals surface area contributed by atoms with E-state index in [1.54, 1.807) is 0 Å². The minimum Gasteiger partial charge on any atom is -0.335 e. The van der Waals surface area contributed by atoms with Crippen LogP contribution in [0.5, 0.6) is 0 Å². The van der Waals surface area contributed by atoms with Crippen LogP contribution in [-0.4, -0.2) is 17.8 Å². The van der Waals surface area contributed by atoms with E-state index >= 15 is 0 Å². The highest BCUT2D eigenvalue weighted by atomic mass is 32.1. The molecule has 2 fully saturated rings. The monoisotopic (exact) mass is 1010 g/mol. The van der Waals surface area contributed by atoms with Crippen molar-refractivity contribution in [2.75, 3.05) is 14.7 Å². The summed E-state index contributed by atoms with van der Waals surface area (Å²) < 4.78 is 40.8. The summed E-state index contributed by atoms with van der Waals surface area (Å²) in [7, 11) is 0. The van der Waals surface area contributed by atoms with Crippen molar-refractivity contribution in [1.82, 2.24) is 0 Å². The second kappa shape index (κ2) is 15.5. The molecule has 4 unspecified atom stereocenters. The van der Waals surface area contributed by atoms with Crippen molar-refractivity contribution in [3.63, 3.8) is 0 Å². The molecule has 4 atom stereocenters. The lowest BCUT2D eigenvalue weighted by molar-refractivity contribution is 0.194. The highest BCUT2D eigenvalue weighted by molar-refractivity contribution is 7.26. The van der Waals surface area contributed by atoms with Gasteiger partial charge in [0.2, 0.25) is 0 Å². The minimum absolute atomic E-state index is 0.0554. The SMILES string of the molecule is [2H]c1c([2H])c([2H])c2c(c1[2H])N(c1cc3c4c(c1)N1c5c(cc(C(C)(C)C)cc5C5(C)CCCCC15C)B4c1ccc4sc5ccc(C(C)(C)C)cc5c4c1N3c1ccc(C(C)(C)C)cc1-c1ccccc1)C1(C)CCCCC21C. The zero-order chi connectivity index (χ0) is 55.6. The number of rotatable bonds is 3. The van der Waals surface area contributed by atoms with Crippen molar-refractivity contribution in [2.45, 2.75) is 180 Å². The Balaban J connectivity index is 1.20. The average molecular weight is 1010 g/mol. The van der Waals surface area contributed by atoms with Crippen LogP contribution < -0.4 is 31.1 Å². The van der Waals surface area contributed by atoms with Gasteiger partial charge in [-0.15, -0.1) is 11.3 Å². The van der Waals surface area contributed by atoms with Crippen LogP contribution >= 0.6 is 11.3 Å². The second-order valence-electron chi connectivity index (χ2n) is 27.7. The first-order chi connectivity index (χ1) is 37.2.